The minimum atomic E-state index is 0.630. The summed E-state index contributed by atoms with van der Waals surface area (Å²) in [5.74, 6) is 0.680. The molecule has 0 unspecified atom stereocenters. The highest BCUT2D eigenvalue weighted by Gasteiger charge is 2.17. The average Bonchev–Trinajstić information content (AvgIpc) is 4.10. The minimum Gasteiger partial charge on any atom is -0.354 e. The van der Waals surface area contributed by atoms with Gasteiger partial charge in [0.15, 0.2) is 5.82 Å². The van der Waals surface area contributed by atoms with Crippen LogP contribution in [0.4, 0.5) is 0 Å². The Morgan fingerprint density at radius 2 is 0.847 bits per heavy atom. The van der Waals surface area contributed by atoms with Crippen LogP contribution in [-0.4, -0.2) is 30.6 Å². The summed E-state index contributed by atoms with van der Waals surface area (Å²) in [6.07, 6.45) is 0.630. The molecule has 0 aliphatic rings. The maximum atomic E-state index is 4.10. The molecule has 3 N–H and O–H groups in total. The lowest BCUT2D eigenvalue weighted by Gasteiger charge is -2.10. The predicted octanol–water partition coefficient (Wildman–Crippen LogP) is 13.6. The number of hydrogen-bond acceptors (Lipinski definition) is 3. The molecule has 0 bridgehead atoms. The Bertz CT molecular complexity index is 2790. The zero-order valence-electron chi connectivity index (χ0n) is 32.1. The van der Waals surface area contributed by atoms with Crippen LogP contribution in [0.5, 0.6) is 0 Å². The second-order valence-corrected chi connectivity index (χ2v) is 15.0. The number of aromatic nitrogens is 6. The van der Waals surface area contributed by atoms with Crippen LogP contribution >= 0.6 is 15.9 Å². The number of halogens is 1. The third kappa shape index (κ3) is 8.37. The fraction of sp³-hybridized carbons (Fsp3) is 0.0192. The number of aromatic amines is 3. The zero-order valence-corrected chi connectivity index (χ0v) is 33.6. The Balaban J connectivity index is 0.000000163. The van der Waals surface area contributed by atoms with Gasteiger partial charge in [0, 0.05) is 44.5 Å². The number of benzene rings is 7. The van der Waals surface area contributed by atoms with Crippen LogP contribution in [0.15, 0.2) is 211 Å². The number of nitrogens with one attached hydrogen (secondary N) is 3. The number of tetrazole rings is 1. The van der Waals surface area contributed by atoms with Crippen molar-refractivity contribution in [2.75, 3.05) is 0 Å². The minimum absolute atomic E-state index is 0.630. The third-order valence-electron chi connectivity index (χ3n) is 10.3. The van der Waals surface area contributed by atoms with Gasteiger partial charge in [-0.25, -0.2) is 0 Å². The normalized spacial score (nSPS) is 10.9. The lowest BCUT2D eigenvalue weighted by molar-refractivity contribution is 0.881. The van der Waals surface area contributed by atoms with Gasteiger partial charge in [-0.2, -0.15) is 5.21 Å². The summed E-state index contributed by atoms with van der Waals surface area (Å²) in [6.45, 7) is 0. The lowest BCUT2D eigenvalue weighted by atomic mass is 9.95. The van der Waals surface area contributed by atoms with Gasteiger partial charge in [-0.05, 0) is 57.1 Å². The van der Waals surface area contributed by atoms with Crippen LogP contribution in [0.3, 0.4) is 0 Å². The van der Waals surface area contributed by atoms with Crippen molar-refractivity contribution in [2.24, 2.45) is 0 Å². The smallest absolute Gasteiger partial charge is 0.178 e. The number of rotatable bonds is 9. The van der Waals surface area contributed by atoms with E-state index >= 15 is 0 Å². The van der Waals surface area contributed by atoms with Crippen molar-refractivity contribution in [2.45, 2.75) is 6.42 Å². The summed E-state index contributed by atoms with van der Waals surface area (Å²) < 4.78 is 1.09. The summed E-state index contributed by atoms with van der Waals surface area (Å²) in [5.41, 5.74) is 17.4. The van der Waals surface area contributed by atoms with E-state index in [9.17, 15) is 0 Å². The summed E-state index contributed by atoms with van der Waals surface area (Å²) in [4.78, 5) is 7.37. The molecular formula is C52H39BrN6. The van der Waals surface area contributed by atoms with Crippen molar-refractivity contribution in [1.82, 2.24) is 30.6 Å². The van der Waals surface area contributed by atoms with Crippen LogP contribution in [0.25, 0.3) is 78.4 Å². The van der Waals surface area contributed by atoms with Gasteiger partial charge >= 0.3 is 0 Å². The quantitative estimate of drug-likeness (QED) is 0.135. The molecule has 0 amide bonds. The molecule has 7 aromatic carbocycles. The van der Waals surface area contributed by atoms with Gasteiger partial charge < -0.3 is 9.97 Å². The monoisotopic (exact) mass is 826 g/mol. The average molecular weight is 828 g/mol. The summed E-state index contributed by atoms with van der Waals surface area (Å²) >= 11 is 3.66. The number of hydrogen-bond donors (Lipinski definition) is 3. The zero-order chi connectivity index (χ0) is 39.8. The Morgan fingerprint density at radius 1 is 0.390 bits per heavy atom. The van der Waals surface area contributed by atoms with Crippen molar-refractivity contribution in [3.8, 4) is 78.4 Å². The van der Waals surface area contributed by atoms with E-state index in [-0.39, 0.29) is 0 Å². The molecule has 3 aromatic heterocycles. The number of H-pyrrole nitrogens is 3. The maximum Gasteiger partial charge on any atom is 0.178 e. The van der Waals surface area contributed by atoms with Crippen LogP contribution in [-0.2, 0) is 6.42 Å². The Labute approximate surface area is 351 Å². The Hall–Kier alpha value is -7.35. The summed E-state index contributed by atoms with van der Waals surface area (Å²) in [6, 6.07) is 71.9. The molecule has 6 nitrogen and oxygen atoms in total. The summed E-state index contributed by atoms with van der Waals surface area (Å²) in [5, 5.41) is 14.4. The molecule has 7 heteroatoms. The highest BCUT2D eigenvalue weighted by Crippen LogP contribution is 2.40. The van der Waals surface area contributed by atoms with Gasteiger partial charge in [-0.15, -0.1) is 10.2 Å². The summed E-state index contributed by atoms with van der Waals surface area (Å²) in [7, 11) is 0. The van der Waals surface area contributed by atoms with Gasteiger partial charge in [-0.3, -0.25) is 0 Å². The second-order valence-electron chi connectivity index (χ2n) is 14.1. The van der Waals surface area contributed by atoms with Gasteiger partial charge in [0.05, 0.1) is 11.4 Å². The first-order valence-electron chi connectivity index (χ1n) is 19.5. The molecule has 10 rings (SSSR count). The van der Waals surface area contributed by atoms with E-state index in [0.29, 0.717) is 12.2 Å². The molecule has 284 valence electrons. The molecule has 59 heavy (non-hydrogen) atoms. The maximum absolute atomic E-state index is 4.10. The first-order valence-corrected chi connectivity index (χ1v) is 20.3. The second kappa shape index (κ2) is 17.4. The topological polar surface area (TPSA) is 86.0 Å². The van der Waals surface area contributed by atoms with Gasteiger partial charge in [0.25, 0.3) is 0 Å². The fourth-order valence-corrected chi connectivity index (χ4v) is 7.99. The van der Waals surface area contributed by atoms with Crippen molar-refractivity contribution >= 4 is 15.9 Å². The molecule has 0 saturated carbocycles. The molecule has 0 spiro atoms. The standard InChI is InChI=1S/C30H23N5.C22H16BrN/c1-3-11-22(12-4-1)27-20-28(31-30(27)23-13-5-2-6-14-23)26-17-8-7-16-25(26)24-15-9-10-21(18-24)19-29-32-34-35-33-29;23-20-14-8-7-13-18(20)21-15-19(16-9-3-1-4-10-16)22(24-21)17-11-5-2-6-12-17/h1-18,20,31H,19H2,(H,32,33,34,35);1-15,24H. The van der Waals surface area contributed by atoms with Crippen LogP contribution < -0.4 is 0 Å². The van der Waals surface area contributed by atoms with E-state index in [1.165, 1.54) is 33.4 Å². The molecule has 0 aliphatic carbocycles. The molecule has 0 radical (unpaired) electrons. The van der Waals surface area contributed by atoms with E-state index < -0.39 is 0 Å². The van der Waals surface area contributed by atoms with Gasteiger partial charge in [-0.1, -0.05) is 209 Å². The first-order chi connectivity index (χ1) is 29.2. The lowest BCUT2D eigenvalue weighted by Crippen LogP contribution is -1.92. The molecule has 0 saturated heterocycles. The van der Waals surface area contributed by atoms with Gasteiger partial charge in [0.1, 0.15) is 0 Å². The molecule has 0 aliphatic heterocycles. The SMILES string of the molecule is Brc1ccccc1-c1cc(-c2ccccc2)c(-c2ccccc2)[nH]1.c1ccc(-c2cc(-c3ccccc3-c3cccc(Cc4nn[nH]n4)c3)[nH]c2-c2ccccc2)cc1. The van der Waals surface area contributed by atoms with Crippen LogP contribution in [0.1, 0.15) is 11.4 Å². The van der Waals surface area contributed by atoms with E-state index in [1.54, 1.807) is 0 Å². The highest BCUT2D eigenvalue weighted by atomic mass is 79.9. The van der Waals surface area contributed by atoms with Crippen molar-refractivity contribution < 1.29 is 0 Å². The van der Waals surface area contributed by atoms with Crippen molar-refractivity contribution in [1.29, 1.82) is 0 Å². The highest BCUT2D eigenvalue weighted by molar-refractivity contribution is 9.10. The molecule has 0 fully saturated rings. The van der Waals surface area contributed by atoms with Gasteiger partial charge in [0.2, 0.25) is 0 Å². The third-order valence-corrected chi connectivity index (χ3v) is 11.0. The Kier molecular flexibility index (Phi) is 11.0. The molecular weight excluding hydrogens is 789 g/mol. The molecule has 3 heterocycles. The molecule has 0 atom stereocenters. The van der Waals surface area contributed by atoms with E-state index in [2.05, 4.69) is 229 Å². The largest absolute Gasteiger partial charge is 0.354 e. The van der Waals surface area contributed by atoms with E-state index in [0.717, 1.165) is 55.1 Å². The van der Waals surface area contributed by atoms with E-state index in [4.69, 9.17) is 0 Å². The molecule has 10 aromatic rings. The van der Waals surface area contributed by atoms with Crippen molar-refractivity contribution in [3.63, 3.8) is 0 Å². The van der Waals surface area contributed by atoms with Crippen molar-refractivity contribution in [3.05, 3.63) is 222 Å². The Morgan fingerprint density at radius 3 is 1.37 bits per heavy atom. The first kappa shape index (κ1) is 37.2. The van der Waals surface area contributed by atoms with Crippen LogP contribution in [0, 0.1) is 0 Å². The predicted molar refractivity (Wildman–Crippen MR) is 244 cm³/mol. The van der Waals surface area contributed by atoms with E-state index in [1.807, 2.05) is 24.3 Å². The number of nitrogens with zero attached hydrogens (tertiary/aromatic N) is 3. The van der Waals surface area contributed by atoms with Crippen LogP contribution in [0.2, 0.25) is 0 Å². The fourth-order valence-electron chi connectivity index (χ4n) is 7.49.